The smallest absolute Gasteiger partial charge is 0.259 e. The normalized spacial score (nSPS) is 14.7. The number of aryl methyl sites for hydroxylation is 1. The molecule has 1 amide bonds. The van der Waals surface area contributed by atoms with Crippen molar-refractivity contribution in [3.63, 3.8) is 0 Å². The van der Waals surface area contributed by atoms with Gasteiger partial charge in [-0.2, -0.15) is 0 Å². The Hall–Kier alpha value is -2.51. The predicted octanol–water partition coefficient (Wildman–Crippen LogP) is 3.09. The molecule has 128 valence electrons. The van der Waals surface area contributed by atoms with E-state index < -0.39 is 0 Å². The summed E-state index contributed by atoms with van der Waals surface area (Å²) >= 11 is 1.62. The number of carbonyl (C=O) groups is 1. The Morgan fingerprint density at radius 2 is 2.12 bits per heavy atom. The molecule has 2 aromatic heterocycles. The third kappa shape index (κ3) is 3.33. The van der Waals surface area contributed by atoms with Gasteiger partial charge < -0.3 is 15.0 Å². The molecule has 0 saturated carbocycles. The highest BCUT2D eigenvalue weighted by Crippen LogP contribution is 2.26. The molecule has 0 unspecified atom stereocenters. The second-order valence-corrected chi connectivity index (χ2v) is 7.08. The zero-order valence-corrected chi connectivity index (χ0v) is 14.7. The average molecular weight is 354 g/mol. The SMILES string of the molecule is Cc1nc2ccc(NC(=O)c3cccnc3N3CCOCC3)cc2s1. The Kier molecular flexibility index (Phi) is 4.33. The van der Waals surface area contributed by atoms with Crippen molar-refractivity contribution in [2.24, 2.45) is 0 Å². The number of morpholine rings is 1. The van der Waals surface area contributed by atoms with Gasteiger partial charge in [-0.15, -0.1) is 11.3 Å². The molecular formula is C18H18N4O2S. The van der Waals surface area contributed by atoms with Gasteiger partial charge in [-0.3, -0.25) is 4.79 Å². The van der Waals surface area contributed by atoms with Crippen LogP contribution in [0.5, 0.6) is 0 Å². The number of rotatable bonds is 3. The number of nitrogens with zero attached hydrogens (tertiary/aromatic N) is 3. The number of aromatic nitrogens is 2. The monoisotopic (exact) mass is 354 g/mol. The molecule has 0 spiro atoms. The lowest BCUT2D eigenvalue weighted by Crippen LogP contribution is -2.38. The molecule has 1 N–H and O–H groups in total. The summed E-state index contributed by atoms with van der Waals surface area (Å²) in [5, 5.41) is 4.00. The van der Waals surface area contributed by atoms with E-state index >= 15 is 0 Å². The van der Waals surface area contributed by atoms with Crippen molar-refractivity contribution in [1.29, 1.82) is 0 Å². The lowest BCUT2D eigenvalue weighted by molar-refractivity contribution is 0.102. The molecule has 25 heavy (non-hydrogen) atoms. The highest BCUT2D eigenvalue weighted by Gasteiger charge is 2.20. The largest absolute Gasteiger partial charge is 0.378 e. The summed E-state index contributed by atoms with van der Waals surface area (Å²) in [5.41, 5.74) is 2.29. The minimum atomic E-state index is -0.157. The first kappa shape index (κ1) is 16.0. The summed E-state index contributed by atoms with van der Waals surface area (Å²) in [5.74, 6) is 0.549. The number of hydrogen-bond donors (Lipinski definition) is 1. The van der Waals surface area contributed by atoms with Gasteiger partial charge in [-0.05, 0) is 37.3 Å². The topological polar surface area (TPSA) is 67.4 Å². The van der Waals surface area contributed by atoms with Gasteiger partial charge in [-0.1, -0.05) is 0 Å². The molecule has 1 fully saturated rings. The Labute approximate surface area is 149 Å². The number of thiazole rings is 1. The van der Waals surface area contributed by atoms with Gasteiger partial charge in [0.15, 0.2) is 0 Å². The number of ether oxygens (including phenoxy) is 1. The quantitative estimate of drug-likeness (QED) is 0.783. The van der Waals surface area contributed by atoms with Crippen molar-refractivity contribution in [2.45, 2.75) is 6.92 Å². The molecule has 3 aromatic rings. The van der Waals surface area contributed by atoms with Crippen molar-refractivity contribution in [3.05, 3.63) is 47.1 Å². The zero-order valence-electron chi connectivity index (χ0n) is 13.9. The summed E-state index contributed by atoms with van der Waals surface area (Å²) in [7, 11) is 0. The summed E-state index contributed by atoms with van der Waals surface area (Å²) < 4.78 is 6.45. The fourth-order valence-electron chi connectivity index (χ4n) is 2.92. The van der Waals surface area contributed by atoms with E-state index in [4.69, 9.17) is 4.74 Å². The molecule has 1 aliphatic rings. The van der Waals surface area contributed by atoms with E-state index in [0.717, 1.165) is 34.0 Å². The molecule has 6 nitrogen and oxygen atoms in total. The van der Waals surface area contributed by atoms with Crippen LogP contribution in [0.2, 0.25) is 0 Å². The van der Waals surface area contributed by atoms with E-state index in [1.54, 1.807) is 23.6 Å². The van der Waals surface area contributed by atoms with Crippen LogP contribution in [0.4, 0.5) is 11.5 Å². The van der Waals surface area contributed by atoms with Gasteiger partial charge in [-0.25, -0.2) is 9.97 Å². The average Bonchev–Trinajstić information content (AvgIpc) is 3.02. The molecule has 0 radical (unpaired) electrons. The first-order chi connectivity index (χ1) is 12.2. The lowest BCUT2D eigenvalue weighted by Gasteiger charge is -2.29. The minimum Gasteiger partial charge on any atom is -0.378 e. The third-order valence-electron chi connectivity index (χ3n) is 4.10. The van der Waals surface area contributed by atoms with E-state index in [-0.39, 0.29) is 5.91 Å². The summed E-state index contributed by atoms with van der Waals surface area (Å²) in [6.07, 6.45) is 1.72. The van der Waals surface area contributed by atoms with Gasteiger partial charge in [0.05, 0.1) is 34.0 Å². The first-order valence-corrected chi connectivity index (χ1v) is 8.98. The molecule has 1 aromatic carbocycles. The Morgan fingerprint density at radius 3 is 2.96 bits per heavy atom. The van der Waals surface area contributed by atoms with Gasteiger partial charge >= 0.3 is 0 Å². The maximum Gasteiger partial charge on any atom is 0.259 e. The van der Waals surface area contributed by atoms with Crippen LogP contribution in [0.25, 0.3) is 10.2 Å². The Balaban J connectivity index is 1.59. The second kappa shape index (κ2) is 6.78. The van der Waals surface area contributed by atoms with E-state index in [9.17, 15) is 4.79 Å². The molecular weight excluding hydrogens is 336 g/mol. The highest BCUT2D eigenvalue weighted by atomic mass is 32.1. The minimum absolute atomic E-state index is 0.157. The Bertz CT molecular complexity index is 918. The number of pyridine rings is 1. The van der Waals surface area contributed by atoms with Crippen molar-refractivity contribution in [3.8, 4) is 0 Å². The number of anilines is 2. The van der Waals surface area contributed by atoms with E-state index in [0.29, 0.717) is 24.6 Å². The molecule has 0 aliphatic carbocycles. The van der Waals surface area contributed by atoms with Crippen LogP contribution in [-0.4, -0.2) is 42.2 Å². The van der Waals surface area contributed by atoms with Crippen LogP contribution in [0.15, 0.2) is 36.5 Å². The molecule has 1 saturated heterocycles. The van der Waals surface area contributed by atoms with Crippen LogP contribution >= 0.6 is 11.3 Å². The maximum absolute atomic E-state index is 12.8. The van der Waals surface area contributed by atoms with Gasteiger partial charge in [0.1, 0.15) is 5.82 Å². The van der Waals surface area contributed by atoms with E-state index in [2.05, 4.69) is 20.2 Å². The fraction of sp³-hybridized carbons (Fsp3) is 0.278. The fourth-order valence-corrected chi connectivity index (χ4v) is 3.78. The molecule has 0 bridgehead atoms. The van der Waals surface area contributed by atoms with Gasteiger partial charge in [0, 0.05) is 25.0 Å². The van der Waals surface area contributed by atoms with Crippen molar-refractivity contribution < 1.29 is 9.53 Å². The number of fused-ring (bicyclic) bond motifs is 1. The summed E-state index contributed by atoms with van der Waals surface area (Å²) in [4.78, 5) is 23.8. The first-order valence-electron chi connectivity index (χ1n) is 8.17. The van der Waals surface area contributed by atoms with Crippen LogP contribution in [-0.2, 0) is 4.74 Å². The molecule has 4 rings (SSSR count). The van der Waals surface area contributed by atoms with Crippen molar-refractivity contribution in [1.82, 2.24) is 9.97 Å². The number of benzene rings is 1. The maximum atomic E-state index is 12.8. The van der Waals surface area contributed by atoms with Crippen LogP contribution < -0.4 is 10.2 Å². The van der Waals surface area contributed by atoms with Gasteiger partial charge in [0.25, 0.3) is 5.91 Å². The van der Waals surface area contributed by atoms with Crippen LogP contribution in [0.3, 0.4) is 0 Å². The number of nitrogens with one attached hydrogen (secondary N) is 1. The molecule has 0 atom stereocenters. The predicted molar refractivity (Wildman–Crippen MR) is 99.6 cm³/mol. The number of amides is 1. The zero-order chi connectivity index (χ0) is 17.2. The molecule has 3 heterocycles. The summed E-state index contributed by atoms with van der Waals surface area (Å²) in [6.45, 7) is 4.76. The molecule has 1 aliphatic heterocycles. The van der Waals surface area contributed by atoms with Crippen LogP contribution in [0, 0.1) is 6.92 Å². The highest BCUT2D eigenvalue weighted by molar-refractivity contribution is 7.18. The number of hydrogen-bond acceptors (Lipinski definition) is 6. The number of carbonyl (C=O) groups excluding carboxylic acids is 1. The summed E-state index contributed by atoms with van der Waals surface area (Å²) in [6, 6.07) is 9.37. The lowest BCUT2D eigenvalue weighted by atomic mass is 10.2. The van der Waals surface area contributed by atoms with Gasteiger partial charge in [0.2, 0.25) is 0 Å². The van der Waals surface area contributed by atoms with E-state index in [1.807, 2.05) is 31.2 Å². The molecule has 7 heteroatoms. The third-order valence-corrected chi connectivity index (χ3v) is 5.03. The van der Waals surface area contributed by atoms with E-state index in [1.165, 1.54) is 0 Å². The second-order valence-electron chi connectivity index (χ2n) is 5.84. The Morgan fingerprint density at radius 1 is 1.28 bits per heavy atom. The van der Waals surface area contributed by atoms with Crippen molar-refractivity contribution in [2.75, 3.05) is 36.5 Å². The standard InChI is InChI=1S/C18H18N4O2S/c1-12-20-15-5-4-13(11-16(15)25-12)21-18(23)14-3-2-6-19-17(14)22-7-9-24-10-8-22/h2-6,11H,7-10H2,1H3,(H,21,23). The van der Waals surface area contributed by atoms with Crippen molar-refractivity contribution >= 4 is 39.0 Å². The van der Waals surface area contributed by atoms with Crippen LogP contribution in [0.1, 0.15) is 15.4 Å².